The van der Waals surface area contributed by atoms with E-state index in [1.807, 2.05) is 24.3 Å². The number of nitrogens with one attached hydrogen (secondary N) is 1. The van der Waals surface area contributed by atoms with Crippen LogP contribution in [0.1, 0.15) is 19.3 Å². The van der Waals surface area contributed by atoms with Gasteiger partial charge in [-0.2, -0.15) is 8.78 Å². The van der Waals surface area contributed by atoms with Gasteiger partial charge in [0.2, 0.25) is 0 Å². The van der Waals surface area contributed by atoms with Crippen molar-refractivity contribution in [2.75, 3.05) is 33.4 Å². The molecule has 1 saturated heterocycles. The normalized spacial score (nSPS) is 14.4. The van der Waals surface area contributed by atoms with E-state index in [1.165, 1.54) is 32.0 Å². The van der Waals surface area contributed by atoms with Crippen molar-refractivity contribution < 1.29 is 23.0 Å². The highest BCUT2D eigenvalue weighted by Gasteiger charge is 2.17. The zero-order chi connectivity index (χ0) is 23.5. The summed E-state index contributed by atoms with van der Waals surface area (Å²) in [6.45, 7) is 1.13. The number of nitrogens with zero attached hydrogens (tertiary/aromatic N) is 2. The Labute approximate surface area is 196 Å². The Kier molecular flexibility index (Phi) is 6.49. The molecular weight excluding hydrogens is 440 g/mol. The lowest BCUT2D eigenvalue weighted by Crippen LogP contribution is -2.21. The Morgan fingerprint density at radius 3 is 2.71 bits per heavy atom. The maximum Gasteiger partial charge on any atom is 0.387 e. The summed E-state index contributed by atoms with van der Waals surface area (Å²) in [5, 5.41) is 1.80. The molecule has 1 N–H and O–H groups in total. The lowest BCUT2D eigenvalue weighted by molar-refractivity contribution is -0.0498. The molecule has 2 aromatic heterocycles. The lowest BCUT2D eigenvalue weighted by Gasteiger charge is -2.15. The van der Waals surface area contributed by atoms with E-state index in [2.05, 4.69) is 19.6 Å². The van der Waals surface area contributed by atoms with E-state index in [-0.39, 0.29) is 5.75 Å². The fourth-order valence-corrected chi connectivity index (χ4v) is 4.64. The summed E-state index contributed by atoms with van der Waals surface area (Å²) in [6.07, 6.45) is 5.22. The second-order valence-electron chi connectivity index (χ2n) is 8.41. The Balaban J connectivity index is 1.46. The molecule has 0 unspecified atom stereocenters. The van der Waals surface area contributed by atoms with E-state index < -0.39 is 6.61 Å². The molecule has 0 amide bonds. The van der Waals surface area contributed by atoms with Crippen molar-refractivity contribution in [3.63, 3.8) is 0 Å². The summed E-state index contributed by atoms with van der Waals surface area (Å²) >= 11 is 0. The number of likely N-dealkylation sites (tertiary alicyclic amines) is 1. The van der Waals surface area contributed by atoms with Crippen LogP contribution in [0.2, 0.25) is 0 Å². The first-order valence-corrected chi connectivity index (χ1v) is 11.5. The van der Waals surface area contributed by atoms with Crippen molar-refractivity contribution in [3.8, 4) is 28.5 Å². The number of aromatic nitrogens is 2. The number of hydrogen-bond acceptors (Lipinski definition) is 5. The van der Waals surface area contributed by atoms with E-state index in [1.54, 1.807) is 25.4 Å². The Hall–Kier alpha value is -3.39. The van der Waals surface area contributed by atoms with Gasteiger partial charge in [-0.3, -0.25) is 4.98 Å². The summed E-state index contributed by atoms with van der Waals surface area (Å²) in [4.78, 5) is 10.5. The fourth-order valence-electron chi connectivity index (χ4n) is 4.64. The SMILES string of the molecule is COc1cc2c(cc1OCCCN1CCCC1)[nH]c1ccnc(-c3cccc(OC(F)F)c3)c12. The van der Waals surface area contributed by atoms with Gasteiger partial charge in [0.1, 0.15) is 5.75 Å². The molecule has 6 nitrogen and oxygen atoms in total. The highest BCUT2D eigenvalue weighted by molar-refractivity contribution is 6.14. The molecule has 4 aromatic rings. The number of hydrogen-bond donors (Lipinski definition) is 1. The minimum Gasteiger partial charge on any atom is -0.493 e. The first-order valence-electron chi connectivity index (χ1n) is 11.5. The Morgan fingerprint density at radius 1 is 1.06 bits per heavy atom. The molecule has 1 fully saturated rings. The maximum absolute atomic E-state index is 12.7. The van der Waals surface area contributed by atoms with E-state index in [0.717, 1.165) is 34.8 Å². The third-order valence-corrected chi connectivity index (χ3v) is 6.20. The molecule has 178 valence electrons. The van der Waals surface area contributed by atoms with Crippen molar-refractivity contribution >= 4 is 21.8 Å². The number of H-pyrrole nitrogens is 1. The smallest absolute Gasteiger partial charge is 0.387 e. The summed E-state index contributed by atoms with van der Waals surface area (Å²) < 4.78 is 41.7. The molecule has 0 aliphatic carbocycles. The van der Waals surface area contributed by atoms with Crippen molar-refractivity contribution in [1.82, 2.24) is 14.9 Å². The van der Waals surface area contributed by atoms with Gasteiger partial charge in [0.25, 0.3) is 0 Å². The molecule has 34 heavy (non-hydrogen) atoms. The topological polar surface area (TPSA) is 59.6 Å². The van der Waals surface area contributed by atoms with Gasteiger partial charge in [-0.05, 0) is 56.6 Å². The van der Waals surface area contributed by atoms with Crippen LogP contribution in [0.5, 0.6) is 17.2 Å². The summed E-state index contributed by atoms with van der Waals surface area (Å²) in [7, 11) is 1.62. The van der Waals surface area contributed by atoms with Crippen LogP contribution in [0.25, 0.3) is 33.1 Å². The van der Waals surface area contributed by atoms with E-state index in [9.17, 15) is 8.78 Å². The van der Waals surface area contributed by atoms with Gasteiger partial charge < -0.3 is 24.1 Å². The van der Waals surface area contributed by atoms with Crippen LogP contribution in [0.3, 0.4) is 0 Å². The molecule has 0 saturated carbocycles. The van der Waals surface area contributed by atoms with E-state index >= 15 is 0 Å². The van der Waals surface area contributed by atoms with Gasteiger partial charge in [0.05, 0.1) is 30.4 Å². The summed E-state index contributed by atoms with van der Waals surface area (Å²) in [5.74, 6) is 1.41. The number of benzene rings is 2. The van der Waals surface area contributed by atoms with Gasteiger partial charge in [0.15, 0.2) is 11.5 Å². The quantitative estimate of drug-likeness (QED) is 0.313. The second kappa shape index (κ2) is 9.85. The van der Waals surface area contributed by atoms with E-state index in [0.29, 0.717) is 29.4 Å². The van der Waals surface area contributed by atoms with Crippen molar-refractivity contribution in [3.05, 3.63) is 48.7 Å². The van der Waals surface area contributed by atoms with Gasteiger partial charge >= 0.3 is 6.61 Å². The highest BCUT2D eigenvalue weighted by Crippen LogP contribution is 2.39. The predicted molar refractivity (Wildman–Crippen MR) is 128 cm³/mol. The van der Waals surface area contributed by atoms with Crippen LogP contribution in [-0.2, 0) is 0 Å². The standard InChI is InChI=1S/C26H27F2N3O3/c1-32-22-15-19-21(16-23(22)33-13-5-12-31-10-2-3-11-31)30-20-8-9-29-25(24(19)20)17-6-4-7-18(14-17)34-26(27)28/h4,6-9,14-16,26,30H,2-3,5,10-13H2,1H3. The first kappa shape index (κ1) is 22.4. The number of methoxy groups -OCH3 is 1. The van der Waals surface area contributed by atoms with Crippen molar-refractivity contribution in [2.24, 2.45) is 0 Å². The summed E-state index contributed by atoms with van der Waals surface area (Å²) in [6, 6.07) is 12.4. The molecule has 0 radical (unpaired) electrons. The average molecular weight is 468 g/mol. The van der Waals surface area contributed by atoms with Crippen LogP contribution in [-0.4, -0.2) is 54.8 Å². The largest absolute Gasteiger partial charge is 0.493 e. The summed E-state index contributed by atoms with van der Waals surface area (Å²) in [5.41, 5.74) is 3.13. The zero-order valence-corrected chi connectivity index (χ0v) is 19.0. The van der Waals surface area contributed by atoms with Crippen LogP contribution in [0, 0.1) is 0 Å². The molecule has 0 bridgehead atoms. The predicted octanol–water partition coefficient (Wildman–Crippen LogP) is 5.86. The average Bonchev–Trinajstić information content (AvgIpc) is 3.48. The van der Waals surface area contributed by atoms with Crippen molar-refractivity contribution in [2.45, 2.75) is 25.9 Å². The van der Waals surface area contributed by atoms with Crippen LogP contribution >= 0.6 is 0 Å². The Morgan fingerprint density at radius 2 is 1.91 bits per heavy atom. The molecule has 5 rings (SSSR count). The fraction of sp³-hybridized carbons (Fsp3) is 0.346. The minimum absolute atomic E-state index is 0.0911. The molecule has 0 atom stereocenters. The zero-order valence-electron chi connectivity index (χ0n) is 19.0. The third kappa shape index (κ3) is 4.63. The third-order valence-electron chi connectivity index (χ3n) is 6.20. The van der Waals surface area contributed by atoms with Gasteiger partial charge in [-0.25, -0.2) is 0 Å². The molecule has 0 spiro atoms. The maximum atomic E-state index is 12.7. The van der Waals surface area contributed by atoms with Gasteiger partial charge in [-0.15, -0.1) is 0 Å². The molecule has 1 aliphatic rings. The lowest BCUT2D eigenvalue weighted by atomic mass is 10.0. The van der Waals surface area contributed by atoms with Crippen LogP contribution in [0.4, 0.5) is 8.78 Å². The molecule has 2 aromatic carbocycles. The number of alkyl halides is 2. The monoisotopic (exact) mass is 467 g/mol. The number of aromatic amines is 1. The molecule has 3 heterocycles. The number of fused-ring (bicyclic) bond motifs is 3. The number of rotatable bonds is 9. The van der Waals surface area contributed by atoms with Crippen LogP contribution < -0.4 is 14.2 Å². The van der Waals surface area contributed by atoms with Crippen LogP contribution in [0.15, 0.2) is 48.7 Å². The van der Waals surface area contributed by atoms with Crippen molar-refractivity contribution in [1.29, 1.82) is 0 Å². The molecule has 1 aliphatic heterocycles. The number of pyridine rings is 1. The first-order chi connectivity index (χ1) is 16.6. The van der Waals surface area contributed by atoms with E-state index in [4.69, 9.17) is 9.47 Å². The molecular formula is C26H27F2N3O3. The van der Waals surface area contributed by atoms with Gasteiger partial charge in [0, 0.05) is 35.1 Å². The minimum atomic E-state index is -2.88. The second-order valence-corrected chi connectivity index (χ2v) is 8.41. The van der Waals surface area contributed by atoms with Gasteiger partial charge in [-0.1, -0.05) is 12.1 Å². The number of ether oxygens (including phenoxy) is 3. The molecule has 8 heteroatoms. The highest BCUT2D eigenvalue weighted by atomic mass is 19.3. The Bertz CT molecular complexity index is 1290. The number of halogens is 2.